The number of carbonyl (C=O) groups is 1. The van der Waals surface area contributed by atoms with E-state index in [4.69, 9.17) is 4.74 Å². The van der Waals surface area contributed by atoms with Gasteiger partial charge >= 0.3 is 0 Å². The third kappa shape index (κ3) is 4.81. The van der Waals surface area contributed by atoms with Crippen LogP contribution in [0.3, 0.4) is 0 Å². The minimum Gasteiger partial charge on any atom is -0.508 e. The predicted octanol–water partition coefficient (Wildman–Crippen LogP) is 3.42. The van der Waals surface area contributed by atoms with E-state index in [0.717, 1.165) is 5.56 Å². The summed E-state index contributed by atoms with van der Waals surface area (Å²) in [6, 6.07) is 12.9. The molecule has 0 amide bonds. The van der Waals surface area contributed by atoms with Crippen molar-refractivity contribution in [1.29, 1.82) is 0 Å². The van der Waals surface area contributed by atoms with E-state index in [1.54, 1.807) is 24.3 Å². The Labute approximate surface area is 139 Å². The first kappa shape index (κ1) is 17.5. The van der Waals surface area contributed by atoms with Crippen molar-refractivity contribution in [2.75, 3.05) is 13.2 Å². The van der Waals surface area contributed by atoms with Gasteiger partial charge in [0.2, 0.25) is 6.54 Å². The lowest BCUT2D eigenvalue weighted by atomic mass is 9.91. The summed E-state index contributed by atoms with van der Waals surface area (Å²) in [5.74, 6) is 0.0404. The molecule has 126 valence electrons. The van der Waals surface area contributed by atoms with Crippen LogP contribution in [0.25, 0.3) is 0 Å². The Morgan fingerprint density at radius 2 is 1.79 bits per heavy atom. The molecule has 6 heteroatoms. The van der Waals surface area contributed by atoms with Gasteiger partial charge in [-0.25, -0.2) is 0 Å². The summed E-state index contributed by atoms with van der Waals surface area (Å²) in [5, 5.41) is 20.2. The number of phenolic OH excluding ortho intramolecular Hbond substituents is 1. The maximum absolute atomic E-state index is 12.4. The summed E-state index contributed by atoms with van der Waals surface area (Å²) in [4.78, 5) is 22.9. The predicted molar refractivity (Wildman–Crippen MR) is 89.3 cm³/mol. The number of nitro groups is 1. The van der Waals surface area contributed by atoms with Crippen LogP contribution in [-0.4, -0.2) is 29.0 Å². The molecule has 1 atom stereocenters. The molecule has 1 N–H and O–H groups in total. The van der Waals surface area contributed by atoms with Gasteiger partial charge in [-0.15, -0.1) is 0 Å². The van der Waals surface area contributed by atoms with Crippen molar-refractivity contribution in [2.24, 2.45) is 0 Å². The van der Waals surface area contributed by atoms with E-state index in [-0.39, 0.29) is 24.5 Å². The molecule has 0 heterocycles. The molecule has 0 aliphatic carbocycles. The number of nitrogens with zero attached hydrogens (tertiary/aromatic N) is 1. The Kier molecular flexibility index (Phi) is 5.89. The molecular weight excluding hydrogens is 310 g/mol. The van der Waals surface area contributed by atoms with Gasteiger partial charge in [-0.05, 0) is 48.9 Å². The van der Waals surface area contributed by atoms with Crippen LogP contribution in [-0.2, 0) is 0 Å². The molecule has 6 nitrogen and oxygen atoms in total. The molecule has 0 saturated heterocycles. The summed E-state index contributed by atoms with van der Waals surface area (Å²) < 4.78 is 5.36. The topological polar surface area (TPSA) is 89.7 Å². The number of ketones is 1. The van der Waals surface area contributed by atoms with Crippen LogP contribution in [0, 0.1) is 10.1 Å². The first-order valence-corrected chi connectivity index (χ1v) is 7.66. The second kappa shape index (κ2) is 8.10. The number of hydrogen-bond donors (Lipinski definition) is 1. The van der Waals surface area contributed by atoms with Gasteiger partial charge in [0.1, 0.15) is 11.5 Å². The van der Waals surface area contributed by atoms with Gasteiger partial charge in [0.05, 0.1) is 12.5 Å². The van der Waals surface area contributed by atoms with Gasteiger partial charge in [-0.2, -0.15) is 0 Å². The standard InChI is InChI=1S/C18H19NO5/c1-2-24-17-9-5-13(6-10-17)15(12-19(22)23)11-18(21)14-3-7-16(20)8-4-14/h3-10,15,20H,2,11-12H2,1H3. The van der Waals surface area contributed by atoms with Crippen molar-refractivity contribution in [3.8, 4) is 11.5 Å². The number of carbonyl (C=O) groups excluding carboxylic acids is 1. The fourth-order valence-corrected chi connectivity index (χ4v) is 2.46. The normalized spacial score (nSPS) is 11.7. The maximum atomic E-state index is 12.4. The first-order valence-electron chi connectivity index (χ1n) is 7.66. The summed E-state index contributed by atoms with van der Waals surface area (Å²) in [6.07, 6.45) is 0.0275. The molecule has 24 heavy (non-hydrogen) atoms. The first-order chi connectivity index (χ1) is 11.5. The molecule has 0 spiro atoms. The zero-order valence-corrected chi connectivity index (χ0v) is 13.3. The SMILES string of the molecule is CCOc1ccc(C(CC(=O)c2ccc(O)cc2)C[N+](=O)[O-])cc1. The average molecular weight is 329 g/mol. The molecule has 0 aliphatic heterocycles. The monoisotopic (exact) mass is 329 g/mol. The van der Waals surface area contributed by atoms with Gasteiger partial charge in [0, 0.05) is 16.9 Å². The van der Waals surface area contributed by atoms with Crippen LogP contribution in [0.15, 0.2) is 48.5 Å². The van der Waals surface area contributed by atoms with Crippen LogP contribution >= 0.6 is 0 Å². The van der Waals surface area contributed by atoms with Crippen molar-refractivity contribution in [2.45, 2.75) is 19.3 Å². The van der Waals surface area contributed by atoms with E-state index in [1.165, 1.54) is 24.3 Å². The highest BCUT2D eigenvalue weighted by Crippen LogP contribution is 2.25. The van der Waals surface area contributed by atoms with Gasteiger partial charge < -0.3 is 9.84 Å². The summed E-state index contributed by atoms with van der Waals surface area (Å²) in [7, 11) is 0. The molecule has 0 fully saturated rings. The molecule has 0 radical (unpaired) electrons. The van der Waals surface area contributed by atoms with Gasteiger partial charge in [0.25, 0.3) is 0 Å². The van der Waals surface area contributed by atoms with Crippen molar-refractivity contribution in [1.82, 2.24) is 0 Å². The van der Waals surface area contributed by atoms with Crippen LogP contribution in [0.2, 0.25) is 0 Å². The van der Waals surface area contributed by atoms with Crippen LogP contribution in [0.1, 0.15) is 35.2 Å². The summed E-state index contributed by atoms with van der Waals surface area (Å²) in [6.45, 7) is 2.09. The van der Waals surface area contributed by atoms with E-state index in [9.17, 15) is 20.0 Å². The number of benzene rings is 2. The molecule has 0 aromatic heterocycles. The number of aromatic hydroxyl groups is 1. The fourth-order valence-electron chi connectivity index (χ4n) is 2.46. The third-order valence-electron chi connectivity index (χ3n) is 3.65. The Morgan fingerprint density at radius 1 is 1.17 bits per heavy atom. The van der Waals surface area contributed by atoms with E-state index >= 15 is 0 Å². The highest BCUT2D eigenvalue weighted by Gasteiger charge is 2.22. The molecule has 0 aliphatic rings. The quantitative estimate of drug-likeness (QED) is 0.455. The highest BCUT2D eigenvalue weighted by atomic mass is 16.6. The van der Waals surface area contributed by atoms with E-state index < -0.39 is 10.8 Å². The van der Waals surface area contributed by atoms with Crippen LogP contribution < -0.4 is 4.74 Å². The number of Topliss-reactive ketones (excluding diaryl/α,β-unsaturated/α-hetero) is 1. The van der Waals surface area contributed by atoms with Crippen molar-refractivity contribution in [3.63, 3.8) is 0 Å². The Hall–Kier alpha value is -2.89. The highest BCUT2D eigenvalue weighted by molar-refractivity contribution is 5.96. The minimum atomic E-state index is -0.517. The molecule has 0 saturated carbocycles. The maximum Gasteiger partial charge on any atom is 0.211 e. The number of hydrogen-bond acceptors (Lipinski definition) is 5. The van der Waals surface area contributed by atoms with Crippen LogP contribution in [0.4, 0.5) is 0 Å². The minimum absolute atomic E-state index is 0.0275. The smallest absolute Gasteiger partial charge is 0.211 e. The molecule has 0 bridgehead atoms. The Morgan fingerprint density at radius 3 is 2.33 bits per heavy atom. The molecule has 2 rings (SSSR count). The second-order valence-electron chi connectivity index (χ2n) is 5.39. The largest absolute Gasteiger partial charge is 0.508 e. The zero-order chi connectivity index (χ0) is 17.5. The Balaban J connectivity index is 2.16. The van der Waals surface area contributed by atoms with Gasteiger partial charge in [-0.3, -0.25) is 14.9 Å². The van der Waals surface area contributed by atoms with E-state index in [2.05, 4.69) is 0 Å². The number of rotatable bonds is 8. The molecule has 2 aromatic rings. The number of phenols is 1. The van der Waals surface area contributed by atoms with E-state index in [0.29, 0.717) is 17.9 Å². The zero-order valence-electron chi connectivity index (χ0n) is 13.3. The van der Waals surface area contributed by atoms with Crippen LogP contribution in [0.5, 0.6) is 11.5 Å². The lowest BCUT2D eigenvalue weighted by Crippen LogP contribution is -2.16. The second-order valence-corrected chi connectivity index (χ2v) is 5.39. The van der Waals surface area contributed by atoms with Crippen molar-refractivity contribution >= 4 is 5.78 Å². The third-order valence-corrected chi connectivity index (χ3v) is 3.65. The number of ether oxygens (including phenoxy) is 1. The average Bonchev–Trinajstić information content (AvgIpc) is 2.55. The van der Waals surface area contributed by atoms with Gasteiger partial charge in [0.15, 0.2) is 5.78 Å². The van der Waals surface area contributed by atoms with Gasteiger partial charge in [-0.1, -0.05) is 12.1 Å². The van der Waals surface area contributed by atoms with Crippen molar-refractivity contribution < 1.29 is 19.6 Å². The Bertz CT molecular complexity index is 694. The van der Waals surface area contributed by atoms with Crippen molar-refractivity contribution in [3.05, 3.63) is 69.8 Å². The summed E-state index contributed by atoms with van der Waals surface area (Å²) >= 11 is 0. The lowest BCUT2D eigenvalue weighted by Gasteiger charge is -2.13. The summed E-state index contributed by atoms with van der Waals surface area (Å²) in [5.41, 5.74) is 1.15. The molecule has 1 unspecified atom stereocenters. The lowest BCUT2D eigenvalue weighted by molar-refractivity contribution is -0.483. The fraction of sp³-hybridized carbons (Fsp3) is 0.278. The molecule has 2 aromatic carbocycles. The van der Waals surface area contributed by atoms with E-state index in [1.807, 2.05) is 6.92 Å². The molecular formula is C18H19NO5.